The van der Waals surface area contributed by atoms with Crippen molar-refractivity contribution < 1.29 is 9.90 Å². The molecular formula is C11H22N2O2. The Morgan fingerprint density at radius 2 is 2.33 bits per heavy atom. The van der Waals surface area contributed by atoms with Gasteiger partial charge in [-0.15, -0.1) is 0 Å². The lowest BCUT2D eigenvalue weighted by atomic mass is 10.1. The second-order valence-electron chi connectivity index (χ2n) is 4.72. The van der Waals surface area contributed by atoms with E-state index in [2.05, 4.69) is 24.1 Å². The van der Waals surface area contributed by atoms with Crippen LogP contribution in [0.5, 0.6) is 0 Å². The molecular weight excluding hydrogens is 192 g/mol. The molecule has 1 saturated heterocycles. The van der Waals surface area contributed by atoms with Gasteiger partial charge in [0.05, 0.1) is 5.92 Å². The molecule has 1 rings (SSSR count). The first kappa shape index (κ1) is 12.5. The van der Waals surface area contributed by atoms with E-state index in [4.69, 9.17) is 5.11 Å². The summed E-state index contributed by atoms with van der Waals surface area (Å²) in [6, 6.07) is 0. The number of hydrogen-bond acceptors (Lipinski definition) is 3. The van der Waals surface area contributed by atoms with Crippen LogP contribution in [0.4, 0.5) is 0 Å². The van der Waals surface area contributed by atoms with E-state index < -0.39 is 5.97 Å². The number of aliphatic carboxylic acids is 1. The van der Waals surface area contributed by atoms with Crippen molar-refractivity contribution in [3.63, 3.8) is 0 Å². The lowest BCUT2D eigenvalue weighted by Crippen LogP contribution is -2.34. The molecule has 0 aromatic carbocycles. The first-order chi connectivity index (χ1) is 7.09. The molecule has 1 atom stereocenters. The molecule has 0 amide bonds. The van der Waals surface area contributed by atoms with Crippen LogP contribution < -0.4 is 5.32 Å². The van der Waals surface area contributed by atoms with Gasteiger partial charge in [-0.25, -0.2) is 0 Å². The van der Waals surface area contributed by atoms with Gasteiger partial charge in [0.15, 0.2) is 0 Å². The fraction of sp³-hybridized carbons (Fsp3) is 0.909. The van der Waals surface area contributed by atoms with Gasteiger partial charge in [-0.2, -0.15) is 0 Å². The zero-order chi connectivity index (χ0) is 11.3. The Morgan fingerprint density at radius 1 is 1.60 bits per heavy atom. The minimum atomic E-state index is -0.682. The third-order valence-corrected chi connectivity index (χ3v) is 2.85. The highest BCUT2D eigenvalue weighted by atomic mass is 16.4. The Labute approximate surface area is 91.6 Å². The van der Waals surface area contributed by atoms with Gasteiger partial charge in [0.1, 0.15) is 0 Å². The summed E-state index contributed by atoms with van der Waals surface area (Å²) in [6.45, 7) is 8.58. The summed E-state index contributed by atoms with van der Waals surface area (Å²) < 4.78 is 0. The molecule has 4 nitrogen and oxygen atoms in total. The van der Waals surface area contributed by atoms with Crippen molar-refractivity contribution in [2.24, 2.45) is 11.8 Å². The molecule has 0 spiro atoms. The molecule has 0 radical (unpaired) electrons. The molecule has 1 aliphatic rings. The van der Waals surface area contributed by atoms with Crippen molar-refractivity contribution in [2.45, 2.75) is 20.3 Å². The zero-order valence-corrected chi connectivity index (χ0v) is 9.70. The van der Waals surface area contributed by atoms with Crippen molar-refractivity contribution in [1.82, 2.24) is 10.2 Å². The van der Waals surface area contributed by atoms with Crippen LogP contribution in [0.3, 0.4) is 0 Å². The SMILES string of the molecule is CC(C)CCN1CCNCC(C(=O)O)C1. The van der Waals surface area contributed by atoms with E-state index in [9.17, 15) is 4.79 Å². The topological polar surface area (TPSA) is 52.6 Å². The molecule has 0 bridgehead atoms. The van der Waals surface area contributed by atoms with Gasteiger partial charge < -0.3 is 15.3 Å². The molecule has 2 N–H and O–H groups in total. The predicted molar refractivity (Wildman–Crippen MR) is 59.9 cm³/mol. The summed E-state index contributed by atoms with van der Waals surface area (Å²) in [6.07, 6.45) is 1.15. The van der Waals surface area contributed by atoms with E-state index in [0.29, 0.717) is 19.0 Å². The maximum atomic E-state index is 10.9. The number of carboxylic acids is 1. The molecule has 1 aliphatic heterocycles. The second-order valence-corrected chi connectivity index (χ2v) is 4.72. The Morgan fingerprint density at radius 3 is 2.93 bits per heavy atom. The van der Waals surface area contributed by atoms with Crippen molar-refractivity contribution in [3.8, 4) is 0 Å². The van der Waals surface area contributed by atoms with Crippen LogP contribution in [-0.4, -0.2) is 48.7 Å². The summed E-state index contributed by atoms with van der Waals surface area (Å²) in [5, 5.41) is 12.2. The van der Waals surface area contributed by atoms with Crippen molar-refractivity contribution in [3.05, 3.63) is 0 Å². The number of nitrogens with zero attached hydrogens (tertiary/aromatic N) is 1. The number of rotatable bonds is 4. The summed E-state index contributed by atoms with van der Waals surface area (Å²) in [4.78, 5) is 13.2. The molecule has 0 aliphatic carbocycles. The molecule has 15 heavy (non-hydrogen) atoms. The Balaban J connectivity index is 2.39. The quantitative estimate of drug-likeness (QED) is 0.721. The van der Waals surface area contributed by atoms with Crippen LogP contribution in [0, 0.1) is 11.8 Å². The minimum absolute atomic E-state index is 0.250. The van der Waals surface area contributed by atoms with Crippen molar-refractivity contribution in [2.75, 3.05) is 32.7 Å². The molecule has 88 valence electrons. The summed E-state index contributed by atoms with van der Waals surface area (Å²) in [7, 11) is 0. The lowest BCUT2D eigenvalue weighted by molar-refractivity contribution is -0.141. The molecule has 1 heterocycles. The van der Waals surface area contributed by atoms with E-state index in [1.165, 1.54) is 0 Å². The predicted octanol–water partition coefficient (Wildman–Crippen LogP) is 0.639. The average Bonchev–Trinajstić information content (AvgIpc) is 2.39. The van der Waals surface area contributed by atoms with Crippen LogP contribution >= 0.6 is 0 Å². The van der Waals surface area contributed by atoms with Gasteiger partial charge in [0, 0.05) is 26.2 Å². The molecule has 0 saturated carbocycles. The third kappa shape index (κ3) is 4.62. The highest BCUT2D eigenvalue weighted by molar-refractivity contribution is 5.70. The van der Waals surface area contributed by atoms with Crippen LogP contribution in [0.2, 0.25) is 0 Å². The molecule has 1 fully saturated rings. The summed E-state index contributed by atoms with van der Waals surface area (Å²) in [5.41, 5.74) is 0. The standard InChI is InChI=1S/C11H22N2O2/c1-9(2)3-5-13-6-4-12-7-10(8-13)11(14)15/h9-10,12H,3-8H2,1-2H3,(H,14,15). The first-order valence-electron chi connectivity index (χ1n) is 5.75. The number of nitrogens with one attached hydrogen (secondary N) is 1. The van der Waals surface area contributed by atoms with Gasteiger partial charge >= 0.3 is 5.97 Å². The van der Waals surface area contributed by atoms with Crippen LogP contribution in [-0.2, 0) is 4.79 Å². The smallest absolute Gasteiger partial charge is 0.309 e. The number of hydrogen-bond donors (Lipinski definition) is 2. The monoisotopic (exact) mass is 214 g/mol. The number of carboxylic acid groups (broad SMARTS) is 1. The molecule has 0 aromatic rings. The Hall–Kier alpha value is -0.610. The molecule has 0 aromatic heterocycles. The van der Waals surface area contributed by atoms with Crippen LogP contribution in [0.25, 0.3) is 0 Å². The maximum absolute atomic E-state index is 10.9. The Bertz CT molecular complexity index is 207. The fourth-order valence-corrected chi connectivity index (χ4v) is 1.79. The lowest BCUT2D eigenvalue weighted by Gasteiger charge is -2.22. The van der Waals surface area contributed by atoms with E-state index in [1.54, 1.807) is 0 Å². The van der Waals surface area contributed by atoms with Gasteiger partial charge in [-0.1, -0.05) is 13.8 Å². The summed E-state index contributed by atoms with van der Waals surface area (Å²) >= 11 is 0. The van der Waals surface area contributed by atoms with Crippen LogP contribution in [0.1, 0.15) is 20.3 Å². The van der Waals surface area contributed by atoms with Gasteiger partial charge in [-0.3, -0.25) is 4.79 Å². The van der Waals surface area contributed by atoms with Gasteiger partial charge in [0.25, 0.3) is 0 Å². The highest BCUT2D eigenvalue weighted by Crippen LogP contribution is 2.07. The first-order valence-corrected chi connectivity index (χ1v) is 5.75. The van der Waals surface area contributed by atoms with Crippen molar-refractivity contribution in [1.29, 1.82) is 0 Å². The second kappa shape index (κ2) is 6.08. The average molecular weight is 214 g/mol. The van der Waals surface area contributed by atoms with E-state index in [0.717, 1.165) is 26.1 Å². The zero-order valence-electron chi connectivity index (χ0n) is 9.70. The number of carbonyl (C=O) groups is 1. The van der Waals surface area contributed by atoms with Crippen LogP contribution in [0.15, 0.2) is 0 Å². The van der Waals surface area contributed by atoms with E-state index in [-0.39, 0.29) is 5.92 Å². The summed E-state index contributed by atoms with van der Waals surface area (Å²) in [5.74, 6) is -0.247. The highest BCUT2D eigenvalue weighted by Gasteiger charge is 2.23. The normalized spacial score (nSPS) is 24.1. The van der Waals surface area contributed by atoms with Gasteiger partial charge in [-0.05, 0) is 18.9 Å². The Kier molecular flexibility index (Phi) is 5.05. The third-order valence-electron chi connectivity index (χ3n) is 2.85. The molecule has 1 unspecified atom stereocenters. The van der Waals surface area contributed by atoms with Crippen molar-refractivity contribution >= 4 is 5.97 Å². The molecule has 4 heteroatoms. The van der Waals surface area contributed by atoms with E-state index >= 15 is 0 Å². The largest absolute Gasteiger partial charge is 0.481 e. The van der Waals surface area contributed by atoms with E-state index in [1.807, 2.05) is 0 Å². The fourth-order valence-electron chi connectivity index (χ4n) is 1.79. The minimum Gasteiger partial charge on any atom is -0.481 e. The maximum Gasteiger partial charge on any atom is 0.309 e. The van der Waals surface area contributed by atoms with Gasteiger partial charge in [0.2, 0.25) is 0 Å².